The molecule has 2 nitrogen and oxygen atoms in total. The summed E-state index contributed by atoms with van der Waals surface area (Å²) in [5.41, 5.74) is 9.63. The summed E-state index contributed by atoms with van der Waals surface area (Å²) in [5, 5.41) is 7.71. The molecule has 0 radical (unpaired) electrons. The summed E-state index contributed by atoms with van der Waals surface area (Å²) in [4.78, 5) is 8.53. The molecule has 40 heavy (non-hydrogen) atoms. The van der Waals surface area contributed by atoms with E-state index in [1.54, 1.807) is 0 Å². The van der Waals surface area contributed by atoms with Gasteiger partial charge in [0.15, 0.2) is 0 Å². The summed E-state index contributed by atoms with van der Waals surface area (Å²) in [6, 6.07) is 44.0. The fraction of sp³-hybridized carbons (Fsp3) is 0. The molecule has 0 fully saturated rings. The first-order valence-electron chi connectivity index (χ1n) is 13.6. The number of rotatable bonds is 4. The molecule has 0 N–H and O–H groups in total. The van der Waals surface area contributed by atoms with Crippen molar-refractivity contribution in [3.63, 3.8) is 0 Å². The molecule has 8 rings (SSSR count). The first-order chi connectivity index (χ1) is 19.9. The molecule has 2 aromatic heterocycles. The number of hydrogen-bond donors (Lipinski definition) is 0. The Labute approximate surface area is 232 Å². The first-order valence-corrected chi connectivity index (χ1v) is 13.6. The predicted molar refractivity (Wildman–Crippen MR) is 167 cm³/mol. The largest absolute Gasteiger partial charge is 0.265 e. The second-order valence-electron chi connectivity index (χ2n) is 10.2. The topological polar surface area (TPSA) is 25.8 Å². The van der Waals surface area contributed by atoms with E-state index in [1.165, 1.54) is 65.7 Å². The summed E-state index contributed by atoms with van der Waals surface area (Å²) in [6.45, 7) is 0. The van der Waals surface area contributed by atoms with Crippen LogP contribution < -0.4 is 0 Å². The lowest BCUT2D eigenvalue weighted by Crippen LogP contribution is -1.94. The van der Waals surface area contributed by atoms with Gasteiger partial charge in [-0.2, -0.15) is 0 Å². The van der Waals surface area contributed by atoms with Crippen molar-refractivity contribution in [3.05, 3.63) is 146 Å². The SMILES string of the molecule is c1ccc(-c2cc(-c3ccccc3-c3ccncc3)c3ccc4cccc5ccc2c3c54)c(-c2ccncc2)c1. The van der Waals surface area contributed by atoms with Gasteiger partial charge >= 0.3 is 0 Å². The fourth-order valence-corrected chi connectivity index (χ4v) is 6.28. The van der Waals surface area contributed by atoms with Gasteiger partial charge in [-0.15, -0.1) is 0 Å². The third-order valence-corrected chi connectivity index (χ3v) is 8.06. The van der Waals surface area contributed by atoms with Crippen LogP contribution in [0, 0.1) is 0 Å². The van der Waals surface area contributed by atoms with Crippen LogP contribution in [0.5, 0.6) is 0 Å². The van der Waals surface area contributed by atoms with Crippen molar-refractivity contribution < 1.29 is 0 Å². The predicted octanol–water partition coefficient (Wildman–Crippen LogP) is 10.0. The molecule has 6 aromatic carbocycles. The van der Waals surface area contributed by atoms with E-state index in [0.717, 1.165) is 11.1 Å². The second kappa shape index (κ2) is 9.14. The maximum atomic E-state index is 4.27. The van der Waals surface area contributed by atoms with Gasteiger partial charge in [0.2, 0.25) is 0 Å². The van der Waals surface area contributed by atoms with Crippen molar-refractivity contribution in [2.24, 2.45) is 0 Å². The molecule has 0 saturated carbocycles. The quantitative estimate of drug-likeness (QED) is 0.221. The summed E-state index contributed by atoms with van der Waals surface area (Å²) in [5.74, 6) is 0. The maximum absolute atomic E-state index is 4.27. The van der Waals surface area contributed by atoms with Crippen molar-refractivity contribution >= 4 is 32.3 Å². The van der Waals surface area contributed by atoms with Gasteiger partial charge in [-0.05, 0) is 107 Å². The minimum Gasteiger partial charge on any atom is -0.265 e. The van der Waals surface area contributed by atoms with Crippen LogP contribution in [0.2, 0.25) is 0 Å². The minimum atomic E-state index is 1.16. The Morgan fingerprint density at radius 1 is 0.325 bits per heavy atom. The van der Waals surface area contributed by atoms with Crippen molar-refractivity contribution in [2.45, 2.75) is 0 Å². The van der Waals surface area contributed by atoms with E-state index >= 15 is 0 Å². The van der Waals surface area contributed by atoms with E-state index < -0.39 is 0 Å². The average molecular weight is 509 g/mol. The van der Waals surface area contributed by atoms with Crippen LogP contribution in [0.15, 0.2) is 146 Å². The van der Waals surface area contributed by atoms with Crippen molar-refractivity contribution in [3.8, 4) is 44.5 Å². The zero-order valence-corrected chi connectivity index (χ0v) is 21.8. The molecule has 0 unspecified atom stereocenters. The van der Waals surface area contributed by atoms with Gasteiger partial charge in [0.05, 0.1) is 0 Å². The van der Waals surface area contributed by atoms with Crippen LogP contribution in [-0.4, -0.2) is 9.97 Å². The normalized spacial score (nSPS) is 11.5. The first kappa shape index (κ1) is 22.6. The van der Waals surface area contributed by atoms with Gasteiger partial charge < -0.3 is 0 Å². The Balaban J connectivity index is 1.53. The van der Waals surface area contributed by atoms with E-state index in [4.69, 9.17) is 0 Å². The Morgan fingerprint density at radius 3 is 1.25 bits per heavy atom. The lowest BCUT2D eigenvalue weighted by molar-refractivity contribution is 1.33. The number of nitrogens with zero attached hydrogens (tertiary/aromatic N) is 2. The van der Waals surface area contributed by atoms with E-state index in [2.05, 4.69) is 131 Å². The highest BCUT2D eigenvalue weighted by molar-refractivity contribution is 6.28. The van der Waals surface area contributed by atoms with E-state index in [0.29, 0.717) is 0 Å². The number of pyridine rings is 2. The van der Waals surface area contributed by atoms with Gasteiger partial charge in [0.25, 0.3) is 0 Å². The Hall–Kier alpha value is -5.34. The molecule has 186 valence electrons. The Morgan fingerprint density at radius 2 is 0.775 bits per heavy atom. The third kappa shape index (κ3) is 3.50. The highest BCUT2D eigenvalue weighted by Crippen LogP contribution is 2.47. The lowest BCUT2D eigenvalue weighted by atomic mass is 9.83. The zero-order chi connectivity index (χ0) is 26.5. The van der Waals surface area contributed by atoms with Gasteiger partial charge in [-0.1, -0.05) is 91.0 Å². The van der Waals surface area contributed by atoms with Gasteiger partial charge in [0.1, 0.15) is 0 Å². The average Bonchev–Trinajstić information content (AvgIpc) is 3.04. The standard InChI is InChI=1S/C38H24N2/c1-3-10-31(29(8-1)25-16-20-39-21-17-25)35-24-36(32-11-4-2-9-30(32)26-18-22-40-23-19-26)34-15-13-28-7-5-6-27-12-14-33(35)38(34)37(27)28/h1-24H. The van der Waals surface area contributed by atoms with Crippen LogP contribution in [0.3, 0.4) is 0 Å². The molecule has 8 aromatic rings. The number of hydrogen-bond acceptors (Lipinski definition) is 2. The molecule has 0 spiro atoms. The van der Waals surface area contributed by atoms with E-state index in [-0.39, 0.29) is 0 Å². The van der Waals surface area contributed by atoms with Crippen LogP contribution in [-0.2, 0) is 0 Å². The van der Waals surface area contributed by atoms with Gasteiger partial charge in [0, 0.05) is 24.8 Å². The summed E-state index contributed by atoms with van der Waals surface area (Å²) < 4.78 is 0. The van der Waals surface area contributed by atoms with Crippen LogP contribution in [0.1, 0.15) is 0 Å². The monoisotopic (exact) mass is 508 g/mol. The molecule has 2 heteroatoms. The molecule has 0 saturated heterocycles. The molecule has 0 amide bonds. The van der Waals surface area contributed by atoms with Crippen molar-refractivity contribution in [2.75, 3.05) is 0 Å². The Kier molecular flexibility index (Phi) is 5.17. The second-order valence-corrected chi connectivity index (χ2v) is 10.2. The number of aromatic nitrogens is 2. The third-order valence-electron chi connectivity index (χ3n) is 8.06. The summed E-state index contributed by atoms with van der Waals surface area (Å²) in [7, 11) is 0. The molecular formula is C38H24N2. The molecule has 0 bridgehead atoms. The molecule has 2 heterocycles. The van der Waals surface area contributed by atoms with Gasteiger partial charge in [-0.25, -0.2) is 0 Å². The van der Waals surface area contributed by atoms with Crippen LogP contribution >= 0.6 is 0 Å². The maximum Gasteiger partial charge on any atom is 0.0273 e. The van der Waals surface area contributed by atoms with Crippen LogP contribution in [0.4, 0.5) is 0 Å². The van der Waals surface area contributed by atoms with Gasteiger partial charge in [-0.3, -0.25) is 9.97 Å². The summed E-state index contributed by atoms with van der Waals surface area (Å²) >= 11 is 0. The van der Waals surface area contributed by atoms with Crippen LogP contribution in [0.25, 0.3) is 76.8 Å². The van der Waals surface area contributed by atoms with Crippen molar-refractivity contribution in [1.82, 2.24) is 9.97 Å². The highest BCUT2D eigenvalue weighted by Gasteiger charge is 2.19. The summed E-state index contributed by atoms with van der Waals surface area (Å²) in [6.07, 6.45) is 7.47. The Bertz CT molecular complexity index is 2000. The van der Waals surface area contributed by atoms with E-state index in [1.807, 2.05) is 24.8 Å². The molecule has 0 atom stereocenters. The van der Waals surface area contributed by atoms with E-state index in [9.17, 15) is 0 Å². The smallest absolute Gasteiger partial charge is 0.0273 e. The highest BCUT2D eigenvalue weighted by atomic mass is 14.6. The molecule has 0 aliphatic carbocycles. The fourth-order valence-electron chi connectivity index (χ4n) is 6.28. The molecule has 0 aliphatic rings. The lowest BCUT2D eigenvalue weighted by Gasteiger charge is -2.20. The zero-order valence-electron chi connectivity index (χ0n) is 21.8. The van der Waals surface area contributed by atoms with Crippen molar-refractivity contribution in [1.29, 1.82) is 0 Å². The minimum absolute atomic E-state index is 1.16. The molecule has 0 aliphatic heterocycles. The number of benzene rings is 6. The molecular weight excluding hydrogens is 484 g/mol.